The van der Waals surface area contributed by atoms with Crippen LogP contribution in [0, 0.1) is 23.2 Å². The number of nitrogens with one attached hydrogen (secondary N) is 2. The van der Waals surface area contributed by atoms with Crippen molar-refractivity contribution >= 4 is 18.9 Å². The van der Waals surface area contributed by atoms with Crippen LogP contribution in [0.1, 0.15) is 59.4 Å². The van der Waals surface area contributed by atoms with Gasteiger partial charge in [0.1, 0.15) is 6.04 Å². The van der Waals surface area contributed by atoms with E-state index >= 15 is 0 Å². The minimum absolute atomic E-state index is 0.0248. The van der Waals surface area contributed by atoms with Crippen LogP contribution in [-0.2, 0) is 25.3 Å². The Morgan fingerprint density at radius 2 is 1.87 bits per heavy atom. The van der Waals surface area contributed by atoms with Crippen LogP contribution in [0.2, 0.25) is 0 Å². The first-order valence-electron chi connectivity index (χ1n) is 13.8. The third-order valence-corrected chi connectivity index (χ3v) is 9.02. The lowest BCUT2D eigenvalue weighted by Crippen LogP contribution is -2.65. The molecule has 5 rings (SSSR count). The molecule has 4 aliphatic rings. The maximum absolute atomic E-state index is 13.1. The molecule has 6 atom stereocenters. The molecule has 9 nitrogen and oxygen atoms in total. The summed E-state index contributed by atoms with van der Waals surface area (Å²) in [5.41, 5.74) is 6.85. The maximum Gasteiger partial charge on any atom is 0.481 e. The molecule has 3 aliphatic carbocycles. The summed E-state index contributed by atoms with van der Waals surface area (Å²) in [6, 6.07) is 4.41. The van der Waals surface area contributed by atoms with Crippen molar-refractivity contribution in [2.24, 2.45) is 28.9 Å². The van der Waals surface area contributed by atoms with E-state index in [-0.39, 0.29) is 47.8 Å². The summed E-state index contributed by atoms with van der Waals surface area (Å²) in [6.45, 7) is 11.1. The number of benzene rings is 1. The van der Waals surface area contributed by atoms with Gasteiger partial charge in [-0.15, -0.1) is 0 Å². The van der Waals surface area contributed by atoms with Crippen LogP contribution in [0.5, 0.6) is 11.5 Å². The summed E-state index contributed by atoms with van der Waals surface area (Å²) in [4.78, 5) is 25.6. The van der Waals surface area contributed by atoms with Crippen LogP contribution in [0.15, 0.2) is 18.2 Å². The summed E-state index contributed by atoms with van der Waals surface area (Å²) in [5.74, 6) is 1.68. The van der Waals surface area contributed by atoms with Gasteiger partial charge in [-0.25, -0.2) is 0 Å². The average Bonchev–Trinajstić information content (AvgIpc) is 3.23. The number of nitrogens with two attached hydrogens (primary N) is 1. The summed E-state index contributed by atoms with van der Waals surface area (Å²) in [7, 11) is 2.59. The zero-order valence-corrected chi connectivity index (χ0v) is 23.8. The number of rotatable bonds is 11. The highest BCUT2D eigenvalue weighted by Crippen LogP contribution is 2.65. The lowest BCUT2D eigenvalue weighted by molar-refractivity contribution is -0.199. The fraction of sp³-hybridized carbons (Fsp3) is 0.714. The minimum atomic E-state index is -0.898. The second-order valence-electron chi connectivity index (χ2n) is 12.4. The summed E-state index contributed by atoms with van der Waals surface area (Å²) >= 11 is 0. The summed E-state index contributed by atoms with van der Waals surface area (Å²) in [6.07, 6.45) is 3.04. The molecule has 0 aromatic heterocycles. The third-order valence-electron chi connectivity index (χ3n) is 9.02. The first-order chi connectivity index (χ1) is 17.9. The van der Waals surface area contributed by atoms with Gasteiger partial charge in [0.05, 0.1) is 38.3 Å². The average molecular weight is 529 g/mol. The second-order valence-corrected chi connectivity index (χ2v) is 12.4. The zero-order chi connectivity index (χ0) is 27.8. The van der Waals surface area contributed by atoms with E-state index in [1.807, 2.05) is 0 Å². The normalized spacial score (nSPS) is 28.7. The van der Waals surface area contributed by atoms with Crippen LogP contribution < -0.4 is 25.8 Å². The van der Waals surface area contributed by atoms with E-state index in [0.29, 0.717) is 35.7 Å². The highest BCUT2D eigenvalue weighted by atomic mass is 16.7. The molecule has 0 spiro atoms. The smallest absolute Gasteiger partial charge is 0.481 e. The Morgan fingerprint density at radius 1 is 1.16 bits per heavy atom. The molecular formula is C28H44BN3O6. The van der Waals surface area contributed by atoms with E-state index in [1.54, 1.807) is 32.4 Å². The zero-order valence-electron chi connectivity index (χ0n) is 23.8. The standard InChI is InChI=1S/C28H44BN3O6/c1-16(2)10-24(29-37-23-14-18-13-22(27(18,3)4)28(23,5)38-29)32-26(34)19(30)15-31-25(33)12-17-8-9-20(35-6)21(11-17)36-7/h8-9,11,16,18-19,22-24H,10,12-15,30H2,1-7H3,(H,31,33)(H,32,34)/t18-,19-,22-,23+,24-,28-/m0/s1. The predicted molar refractivity (Wildman–Crippen MR) is 146 cm³/mol. The van der Waals surface area contributed by atoms with Crippen molar-refractivity contribution in [1.29, 1.82) is 0 Å². The Kier molecular flexibility index (Phi) is 8.36. The number of ether oxygens (including phenoxy) is 2. The molecule has 210 valence electrons. The lowest BCUT2D eigenvalue weighted by atomic mass is 9.43. The van der Waals surface area contributed by atoms with E-state index in [1.165, 1.54) is 6.42 Å². The molecule has 4 fully saturated rings. The van der Waals surface area contributed by atoms with Crippen molar-refractivity contribution in [3.8, 4) is 11.5 Å². The van der Waals surface area contributed by atoms with E-state index in [4.69, 9.17) is 24.5 Å². The quantitative estimate of drug-likeness (QED) is 0.377. The van der Waals surface area contributed by atoms with E-state index in [9.17, 15) is 9.59 Å². The van der Waals surface area contributed by atoms with Crippen LogP contribution in [0.4, 0.5) is 0 Å². The van der Waals surface area contributed by atoms with Gasteiger partial charge in [-0.3, -0.25) is 9.59 Å². The van der Waals surface area contributed by atoms with Gasteiger partial charge in [0.25, 0.3) is 0 Å². The van der Waals surface area contributed by atoms with E-state index < -0.39 is 13.2 Å². The van der Waals surface area contributed by atoms with Crippen molar-refractivity contribution in [2.75, 3.05) is 20.8 Å². The number of carbonyl (C=O) groups is 2. The van der Waals surface area contributed by atoms with Gasteiger partial charge < -0.3 is 35.1 Å². The van der Waals surface area contributed by atoms with Crippen molar-refractivity contribution in [3.63, 3.8) is 0 Å². The minimum Gasteiger partial charge on any atom is -0.493 e. The lowest BCUT2D eigenvalue weighted by Gasteiger charge is -2.64. The number of amides is 2. The van der Waals surface area contributed by atoms with Gasteiger partial charge in [-0.05, 0) is 67.1 Å². The first-order valence-corrected chi connectivity index (χ1v) is 13.8. The SMILES string of the molecule is COc1ccc(CC(=O)NC[C@H](N)C(=O)N[C@@H](CC(C)C)B2O[C@@H]3C[C@@H]4C[C@@H](C4(C)C)[C@]3(C)O2)cc1OC. The molecule has 1 aromatic carbocycles. The first kappa shape index (κ1) is 28.7. The topological polar surface area (TPSA) is 121 Å². The van der Waals surface area contributed by atoms with Gasteiger partial charge in [-0.1, -0.05) is 33.8 Å². The highest BCUT2D eigenvalue weighted by Gasteiger charge is 2.68. The molecule has 0 unspecified atom stereocenters. The van der Waals surface area contributed by atoms with Gasteiger partial charge in [0.2, 0.25) is 11.8 Å². The Hall–Kier alpha value is -2.30. The van der Waals surface area contributed by atoms with Crippen LogP contribution >= 0.6 is 0 Å². The van der Waals surface area contributed by atoms with Gasteiger partial charge in [-0.2, -0.15) is 0 Å². The fourth-order valence-corrected chi connectivity index (χ4v) is 6.66. The maximum atomic E-state index is 13.1. The molecule has 4 N–H and O–H groups in total. The summed E-state index contributed by atoms with van der Waals surface area (Å²) < 4.78 is 23.6. The third kappa shape index (κ3) is 5.54. The molecule has 2 amide bonds. The van der Waals surface area contributed by atoms with Gasteiger partial charge in [0, 0.05) is 6.54 Å². The predicted octanol–water partition coefficient (Wildman–Crippen LogP) is 2.49. The molecule has 1 heterocycles. The molecule has 1 saturated heterocycles. The molecule has 1 aliphatic heterocycles. The fourth-order valence-electron chi connectivity index (χ4n) is 6.66. The van der Waals surface area contributed by atoms with Crippen LogP contribution in [0.3, 0.4) is 0 Å². The van der Waals surface area contributed by atoms with Crippen molar-refractivity contribution in [2.45, 2.75) is 84.0 Å². The van der Waals surface area contributed by atoms with Crippen molar-refractivity contribution < 1.29 is 28.4 Å². The largest absolute Gasteiger partial charge is 0.493 e. The Bertz CT molecular complexity index is 1040. The van der Waals surface area contributed by atoms with Crippen molar-refractivity contribution in [1.82, 2.24) is 10.6 Å². The second kappa shape index (κ2) is 11.1. The monoisotopic (exact) mass is 529 g/mol. The molecular weight excluding hydrogens is 485 g/mol. The Balaban J connectivity index is 1.32. The van der Waals surface area contributed by atoms with Crippen LogP contribution in [0.25, 0.3) is 0 Å². The molecule has 38 heavy (non-hydrogen) atoms. The number of hydrogen-bond donors (Lipinski definition) is 3. The van der Waals surface area contributed by atoms with Gasteiger partial charge >= 0.3 is 7.12 Å². The number of methoxy groups -OCH3 is 2. The molecule has 1 aromatic rings. The molecule has 0 radical (unpaired) electrons. The van der Waals surface area contributed by atoms with Gasteiger partial charge in [0.15, 0.2) is 11.5 Å². The molecule has 2 bridgehead atoms. The van der Waals surface area contributed by atoms with Crippen molar-refractivity contribution in [3.05, 3.63) is 23.8 Å². The Morgan fingerprint density at radius 3 is 2.50 bits per heavy atom. The van der Waals surface area contributed by atoms with E-state index in [0.717, 1.165) is 12.0 Å². The highest BCUT2D eigenvalue weighted by molar-refractivity contribution is 6.47. The molecule has 3 saturated carbocycles. The Labute approximate surface area is 227 Å². The number of hydrogen-bond acceptors (Lipinski definition) is 7. The van der Waals surface area contributed by atoms with E-state index in [2.05, 4.69) is 45.3 Å². The van der Waals surface area contributed by atoms with Crippen LogP contribution in [-0.4, -0.2) is 63.4 Å². The molecule has 10 heteroatoms. The number of carbonyl (C=O) groups excluding carboxylic acids is 2. The summed E-state index contributed by atoms with van der Waals surface area (Å²) in [5, 5.41) is 5.84.